The summed E-state index contributed by atoms with van der Waals surface area (Å²) in [7, 11) is 0. The van der Waals surface area contributed by atoms with Crippen LogP contribution in [-0.4, -0.2) is 4.98 Å². The minimum absolute atomic E-state index is 0.199. The molecule has 3 N–H and O–H groups in total. The molecule has 0 fully saturated rings. The van der Waals surface area contributed by atoms with Crippen molar-refractivity contribution in [3.05, 3.63) is 35.3 Å². The predicted octanol–water partition coefficient (Wildman–Crippen LogP) is 2.64. The molecular formula is C11H13FN2. The molecule has 0 aliphatic heterocycles. The summed E-state index contributed by atoms with van der Waals surface area (Å²) in [5.41, 5.74) is 7.76. The Kier molecular flexibility index (Phi) is 2.04. The van der Waals surface area contributed by atoms with Gasteiger partial charge in [-0.05, 0) is 26.0 Å². The maximum absolute atomic E-state index is 13.8. The highest BCUT2D eigenvalue weighted by Gasteiger charge is 2.13. The summed E-state index contributed by atoms with van der Waals surface area (Å²) >= 11 is 0. The largest absolute Gasteiger partial charge is 0.361 e. The second kappa shape index (κ2) is 3.10. The van der Waals surface area contributed by atoms with Crippen LogP contribution in [0.3, 0.4) is 0 Å². The van der Waals surface area contributed by atoms with Gasteiger partial charge < -0.3 is 10.7 Å². The van der Waals surface area contributed by atoms with E-state index in [0.717, 1.165) is 10.9 Å². The van der Waals surface area contributed by atoms with E-state index < -0.39 is 0 Å². The molecule has 0 radical (unpaired) electrons. The van der Waals surface area contributed by atoms with Crippen LogP contribution in [0.15, 0.2) is 18.3 Å². The summed E-state index contributed by atoms with van der Waals surface area (Å²) in [6, 6.07) is 3.46. The van der Waals surface area contributed by atoms with Crippen LogP contribution in [0.25, 0.3) is 10.9 Å². The molecule has 14 heavy (non-hydrogen) atoms. The van der Waals surface area contributed by atoms with E-state index in [9.17, 15) is 4.39 Å². The number of halogens is 1. The van der Waals surface area contributed by atoms with Crippen LogP contribution >= 0.6 is 0 Å². The average Bonchev–Trinajstić information content (AvgIpc) is 2.58. The van der Waals surface area contributed by atoms with E-state index in [1.165, 1.54) is 0 Å². The normalized spacial score (nSPS) is 13.4. The number of nitrogens with two attached hydrogens (primary N) is 1. The number of benzene rings is 1. The zero-order valence-corrected chi connectivity index (χ0v) is 8.26. The van der Waals surface area contributed by atoms with Crippen LogP contribution in [0.4, 0.5) is 4.39 Å². The Morgan fingerprint density at radius 2 is 2.21 bits per heavy atom. The maximum Gasteiger partial charge on any atom is 0.132 e. The first kappa shape index (κ1) is 9.21. The van der Waals surface area contributed by atoms with Gasteiger partial charge >= 0.3 is 0 Å². The lowest BCUT2D eigenvalue weighted by Crippen LogP contribution is -2.08. The van der Waals surface area contributed by atoms with Crippen molar-refractivity contribution in [2.45, 2.75) is 19.9 Å². The minimum atomic E-state index is -0.270. The third-order valence-electron chi connectivity index (χ3n) is 2.54. The Bertz CT molecular complexity index is 471. The van der Waals surface area contributed by atoms with E-state index in [1.54, 1.807) is 19.9 Å². The summed E-state index contributed by atoms with van der Waals surface area (Å²) in [6.07, 6.45) is 1.81. The molecular weight excluding hydrogens is 179 g/mol. The van der Waals surface area contributed by atoms with E-state index >= 15 is 0 Å². The van der Waals surface area contributed by atoms with Crippen LogP contribution in [-0.2, 0) is 0 Å². The van der Waals surface area contributed by atoms with Gasteiger partial charge in [-0.25, -0.2) is 4.39 Å². The summed E-state index contributed by atoms with van der Waals surface area (Å²) in [6.45, 7) is 3.55. The van der Waals surface area contributed by atoms with Gasteiger partial charge in [-0.2, -0.15) is 0 Å². The fraction of sp³-hybridized carbons (Fsp3) is 0.273. The zero-order chi connectivity index (χ0) is 10.3. The fourth-order valence-electron chi connectivity index (χ4n) is 1.71. The van der Waals surface area contributed by atoms with Crippen molar-refractivity contribution in [2.24, 2.45) is 5.73 Å². The Morgan fingerprint density at radius 3 is 2.86 bits per heavy atom. The lowest BCUT2D eigenvalue weighted by atomic mass is 10.0. The quantitative estimate of drug-likeness (QED) is 0.716. The number of aryl methyl sites for hydroxylation is 1. The molecule has 1 heterocycles. The number of H-pyrrole nitrogens is 1. The van der Waals surface area contributed by atoms with Crippen LogP contribution in [0.5, 0.6) is 0 Å². The van der Waals surface area contributed by atoms with Crippen LogP contribution in [0, 0.1) is 12.7 Å². The van der Waals surface area contributed by atoms with Gasteiger partial charge in [0.25, 0.3) is 0 Å². The van der Waals surface area contributed by atoms with Gasteiger partial charge in [-0.1, -0.05) is 0 Å². The fourth-order valence-corrected chi connectivity index (χ4v) is 1.71. The predicted molar refractivity (Wildman–Crippen MR) is 55.6 cm³/mol. The number of hydrogen-bond donors (Lipinski definition) is 2. The summed E-state index contributed by atoms with van der Waals surface area (Å²) in [5, 5.41) is 1.01. The molecule has 0 aliphatic rings. The number of nitrogens with one attached hydrogen (secondary N) is 1. The standard InChI is InChI=1S/C11H13FN2/c1-6-10(12)9(7(2)13)5-8-3-4-14-11(6)8/h3-5,7,14H,13H2,1-2H3/t7-/m1/s1. The van der Waals surface area contributed by atoms with E-state index in [0.29, 0.717) is 11.1 Å². The van der Waals surface area contributed by atoms with Crippen molar-refractivity contribution in [1.82, 2.24) is 4.98 Å². The number of aromatic nitrogens is 1. The summed E-state index contributed by atoms with van der Waals surface area (Å²) in [5.74, 6) is -0.199. The SMILES string of the molecule is Cc1c(F)c([C@@H](C)N)cc2cc[nH]c12. The average molecular weight is 192 g/mol. The van der Waals surface area contributed by atoms with Crippen LogP contribution in [0.2, 0.25) is 0 Å². The monoisotopic (exact) mass is 192 g/mol. The van der Waals surface area contributed by atoms with Gasteiger partial charge in [-0.3, -0.25) is 0 Å². The van der Waals surface area contributed by atoms with E-state index in [-0.39, 0.29) is 11.9 Å². The maximum atomic E-state index is 13.8. The molecule has 74 valence electrons. The number of aromatic amines is 1. The number of rotatable bonds is 1. The van der Waals surface area contributed by atoms with Crippen molar-refractivity contribution < 1.29 is 4.39 Å². The molecule has 0 amide bonds. The number of hydrogen-bond acceptors (Lipinski definition) is 1. The van der Waals surface area contributed by atoms with Crippen molar-refractivity contribution in [2.75, 3.05) is 0 Å². The van der Waals surface area contributed by atoms with Gasteiger partial charge in [0.05, 0.1) is 5.52 Å². The topological polar surface area (TPSA) is 41.8 Å². The van der Waals surface area contributed by atoms with Gasteiger partial charge in [0.15, 0.2) is 0 Å². The molecule has 0 unspecified atom stereocenters. The van der Waals surface area contributed by atoms with Crippen molar-refractivity contribution >= 4 is 10.9 Å². The molecule has 1 aromatic carbocycles. The molecule has 1 atom stereocenters. The Morgan fingerprint density at radius 1 is 1.50 bits per heavy atom. The minimum Gasteiger partial charge on any atom is -0.361 e. The van der Waals surface area contributed by atoms with Crippen LogP contribution in [0.1, 0.15) is 24.1 Å². The lowest BCUT2D eigenvalue weighted by molar-refractivity contribution is 0.588. The molecule has 0 bridgehead atoms. The first-order chi connectivity index (χ1) is 6.61. The third-order valence-corrected chi connectivity index (χ3v) is 2.54. The van der Waals surface area contributed by atoms with Gasteiger partial charge in [0.2, 0.25) is 0 Å². The molecule has 2 aromatic rings. The molecule has 2 nitrogen and oxygen atoms in total. The molecule has 0 saturated carbocycles. The molecule has 0 aliphatic carbocycles. The summed E-state index contributed by atoms with van der Waals surface area (Å²) in [4.78, 5) is 3.01. The lowest BCUT2D eigenvalue weighted by Gasteiger charge is -2.10. The molecule has 1 aromatic heterocycles. The molecule has 0 spiro atoms. The van der Waals surface area contributed by atoms with Gasteiger partial charge in [0.1, 0.15) is 5.82 Å². The van der Waals surface area contributed by atoms with Crippen molar-refractivity contribution in [1.29, 1.82) is 0 Å². The number of fused-ring (bicyclic) bond motifs is 1. The van der Waals surface area contributed by atoms with Crippen molar-refractivity contribution in [3.63, 3.8) is 0 Å². The molecule has 0 saturated heterocycles. The molecule has 2 rings (SSSR count). The zero-order valence-electron chi connectivity index (χ0n) is 8.26. The highest BCUT2D eigenvalue weighted by molar-refractivity contribution is 5.83. The van der Waals surface area contributed by atoms with E-state index in [1.807, 2.05) is 12.3 Å². The third kappa shape index (κ3) is 1.21. The van der Waals surface area contributed by atoms with E-state index in [2.05, 4.69) is 4.98 Å². The second-order valence-corrected chi connectivity index (χ2v) is 3.64. The van der Waals surface area contributed by atoms with E-state index in [4.69, 9.17) is 5.73 Å². The highest BCUT2D eigenvalue weighted by atomic mass is 19.1. The van der Waals surface area contributed by atoms with Crippen LogP contribution < -0.4 is 5.73 Å². The smallest absolute Gasteiger partial charge is 0.132 e. The first-order valence-corrected chi connectivity index (χ1v) is 4.63. The van der Waals surface area contributed by atoms with Gasteiger partial charge in [0, 0.05) is 28.8 Å². The highest BCUT2D eigenvalue weighted by Crippen LogP contribution is 2.26. The Hall–Kier alpha value is -1.35. The van der Waals surface area contributed by atoms with Gasteiger partial charge in [-0.15, -0.1) is 0 Å². The van der Waals surface area contributed by atoms with Crippen molar-refractivity contribution in [3.8, 4) is 0 Å². The Balaban J connectivity index is 2.80. The summed E-state index contributed by atoms with van der Waals surface area (Å²) < 4.78 is 13.8. The first-order valence-electron chi connectivity index (χ1n) is 4.63. The Labute approximate surface area is 81.9 Å². The molecule has 3 heteroatoms. The second-order valence-electron chi connectivity index (χ2n) is 3.64.